The Morgan fingerprint density at radius 2 is 2.07 bits per heavy atom. The van der Waals surface area contributed by atoms with Crippen molar-refractivity contribution in [2.24, 2.45) is 0 Å². The van der Waals surface area contributed by atoms with Crippen molar-refractivity contribution < 1.29 is 0 Å². The summed E-state index contributed by atoms with van der Waals surface area (Å²) in [6.45, 7) is 2.09. The van der Waals surface area contributed by atoms with Gasteiger partial charge in [-0.1, -0.05) is 15.9 Å². The average Bonchev–Trinajstić information content (AvgIpc) is 2.64. The van der Waals surface area contributed by atoms with Crippen molar-refractivity contribution in [1.82, 2.24) is 0 Å². The van der Waals surface area contributed by atoms with E-state index in [-0.39, 0.29) is 0 Å². The zero-order chi connectivity index (χ0) is 9.97. The molecule has 0 spiro atoms. The van der Waals surface area contributed by atoms with Crippen molar-refractivity contribution in [2.75, 3.05) is 5.32 Å². The summed E-state index contributed by atoms with van der Waals surface area (Å²) in [5, 5.41) is 7.50. The highest BCUT2D eigenvalue weighted by Gasteiger charge is 1.97. The van der Waals surface area contributed by atoms with E-state index >= 15 is 0 Å². The molecule has 3 heteroatoms. The van der Waals surface area contributed by atoms with Gasteiger partial charge >= 0.3 is 0 Å². The molecule has 0 radical (unpaired) electrons. The first-order chi connectivity index (χ1) is 6.75. The molecule has 14 heavy (non-hydrogen) atoms. The minimum Gasteiger partial charge on any atom is -0.355 e. The topological polar surface area (TPSA) is 12.0 Å². The molecule has 1 heterocycles. The van der Waals surface area contributed by atoms with E-state index < -0.39 is 0 Å². The molecule has 2 aromatic rings. The summed E-state index contributed by atoms with van der Waals surface area (Å²) in [6.07, 6.45) is 0. The summed E-state index contributed by atoms with van der Waals surface area (Å²) in [5.74, 6) is 0. The van der Waals surface area contributed by atoms with Gasteiger partial charge in [0, 0.05) is 21.2 Å². The number of anilines is 2. The van der Waals surface area contributed by atoms with Crippen LogP contribution in [0.25, 0.3) is 0 Å². The highest BCUT2D eigenvalue weighted by Crippen LogP contribution is 2.23. The van der Waals surface area contributed by atoms with Crippen LogP contribution in [0.1, 0.15) is 5.56 Å². The number of hydrogen-bond acceptors (Lipinski definition) is 2. The molecule has 0 saturated heterocycles. The van der Waals surface area contributed by atoms with Gasteiger partial charge in [0.05, 0.1) is 0 Å². The second-order valence-corrected chi connectivity index (χ2v) is 4.74. The Bertz CT molecular complexity index is 423. The first-order valence-corrected chi connectivity index (χ1v) is 6.04. The van der Waals surface area contributed by atoms with E-state index in [9.17, 15) is 0 Å². The van der Waals surface area contributed by atoms with Crippen LogP contribution < -0.4 is 5.32 Å². The van der Waals surface area contributed by atoms with E-state index in [1.165, 1.54) is 5.56 Å². The fourth-order valence-corrected chi connectivity index (χ4v) is 2.06. The fourth-order valence-electron chi connectivity index (χ4n) is 1.22. The largest absolute Gasteiger partial charge is 0.355 e. The Kier molecular flexibility index (Phi) is 2.89. The minimum absolute atomic E-state index is 1.13. The lowest BCUT2D eigenvalue weighted by Gasteiger charge is -2.05. The zero-order valence-electron chi connectivity index (χ0n) is 7.75. The van der Waals surface area contributed by atoms with E-state index in [1.807, 2.05) is 0 Å². The molecule has 0 fully saturated rings. The number of thiophene rings is 1. The smallest absolute Gasteiger partial charge is 0.0492 e. The van der Waals surface area contributed by atoms with Crippen molar-refractivity contribution in [3.8, 4) is 0 Å². The van der Waals surface area contributed by atoms with Crippen LogP contribution >= 0.6 is 27.3 Å². The van der Waals surface area contributed by atoms with Gasteiger partial charge in [0.2, 0.25) is 0 Å². The molecule has 0 aliphatic carbocycles. The lowest BCUT2D eigenvalue weighted by Crippen LogP contribution is -1.88. The van der Waals surface area contributed by atoms with E-state index in [4.69, 9.17) is 0 Å². The van der Waals surface area contributed by atoms with Crippen molar-refractivity contribution in [3.63, 3.8) is 0 Å². The third-order valence-electron chi connectivity index (χ3n) is 1.97. The third kappa shape index (κ3) is 2.16. The molecule has 0 atom stereocenters. The van der Waals surface area contributed by atoms with Gasteiger partial charge in [-0.3, -0.25) is 0 Å². The Morgan fingerprint density at radius 3 is 2.71 bits per heavy atom. The second kappa shape index (κ2) is 4.15. The van der Waals surface area contributed by atoms with Gasteiger partial charge in [-0.15, -0.1) is 0 Å². The third-order valence-corrected chi connectivity index (χ3v) is 3.54. The maximum Gasteiger partial charge on any atom is 0.0492 e. The first-order valence-electron chi connectivity index (χ1n) is 4.31. The molecule has 1 aromatic carbocycles. The number of aryl methyl sites for hydroxylation is 1. The van der Waals surface area contributed by atoms with Gasteiger partial charge < -0.3 is 5.32 Å². The SMILES string of the molecule is Cc1cc(Nc2ccsc2)ccc1Br. The van der Waals surface area contributed by atoms with Crippen LogP contribution in [0.2, 0.25) is 0 Å². The van der Waals surface area contributed by atoms with Crippen LogP contribution in [0.15, 0.2) is 39.5 Å². The zero-order valence-corrected chi connectivity index (χ0v) is 10.2. The molecule has 72 valence electrons. The molecule has 0 saturated carbocycles. The van der Waals surface area contributed by atoms with Crippen LogP contribution in [0.4, 0.5) is 11.4 Å². The number of rotatable bonds is 2. The summed E-state index contributed by atoms with van der Waals surface area (Å²) in [4.78, 5) is 0. The molecular weight excluding hydrogens is 258 g/mol. The van der Waals surface area contributed by atoms with Gasteiger partial charge in [0.25, 0.3) is 0 Å². The van der Waals surface area contributed by atoms with Gasteiger partial charge in [-0.25, -0.2) is 0 Å². The lowest BCUT2D eigenvalue weighted by molar-refractivity contribution is 1.42. The quantitative estimate of drug-likeness (QED) is 0.841. The summed E-state index contributed by atoms with van der Waals surface area (Å²) in [7, 11) is 0. The number of nitrogens with one attached hydrogen (secondary N) is 1. The number of benzene rings is 1. The van der Waals surface area contributed by atoms with Crippen LogP contribution in [0, 0.1) is 6.92 Å². The van der Waals surface area contributed by atoms with Gasteiger partial charge in [0.15, 0.2) is 0 Å². The minimum atomic E-state index is 1.13. The summed E-state index contributed by atoms with van der Waals surface area (Å²) in [5.41, 5.74) is 3.52. The Morgan fingerprint density at radius 1 is 1.21 bits per heavy atom. The number of halogens is 1. The molecule has 2 rings (SSSR count). The van der Waals surface area contributed by atoms with Crippen molar-refractivity contribution >= 4 is 38.6 Å². The normalized spacial score (nSPS) is 10.1. The number of hydrogen-bond donors (Lipinski definition) is 1. The van der Waals surface area contributed by atoms with Gasteiger partial charge in [-0.2, -0.15) is 11.3 Å². The molecule has 1 N–H and O–H groups in total. The molecule has 1 aromatic heterocycles. The second-order valence-electron chi connectivity index (χ2n) is 3.10. The predicted octanol–water partition coefficient (Wildman–Crippen LogP) is 4.56. The fraction of sp³-hybridized carbons (Fsp3) is 0.0909. The molecular formula is C11H10BrNS. The molecule has 0 unspecified atom stereocenters. The molecule has 0 aliphatic rings. The Labute approximate surface area is 95.9 Å². The van der Waals surface area contributed by atoms with Gasteiger partial charge in [-0.05, 0) is 42.1 Å². The van der Waals surface area contributed by atoms with Crippen molar-refractivity contribution in [1.29, 1.82) is 0 Å². The maximum absolute atomic E-state index is 3.48. The van der Waals surface area contributed by atoms with E-state index in [2.05, 4.69) is 63.2 Å². The van der Waals surface area contributed by atoms with Crippen molar-refractivity contribution in [2.45, 2.75) is 6.92 Å². The molecule has 0 aliphatic heterocycles. The highest BCUT2D eigenvalue weighted by molar-refractivity contribution is 9.10. The Hall–Kier alpha value is -0.800. The standard InChI is InChI=1S/C11H10BrNS/c1-8-6-9(2-3-11(8)12)13-10-4-5-14-7-10/h2-7,13H,1H3. The molecule has 0 amide bonds. The van der Waals surface area contributed by atoms with Crippen LogP contribution in [0.3, 0.4) is 0 Å². The van der Waals surface area contributed by atoms with E-state index in [1.54, 1.807) is 11.3 Å². The monoisotopic (exact) mass is 267 g/mol. The molecule has 1 nitrogen and oxygen atoms in total. The summed E-state index contributed by atoms with van der Waals surface area (Å²) >= 11 is 5.18. The van der Waals surface area contributed by atoms with E-state index in [0.29, 0.717) is 0 Å². The van der Waals surface area contributed by atoms with Crippen molar-refractivity contribution in [3.05, 3.63) is 45.1 Å². The van der Waals surface area contributed by atoms with Crippen LogP contribution in [-0.2, 0) is 0 Å². The maximum atomic E-state index is 3.48. The highest BCUT2D eigenvalue weighted by atomic mass is 79.9. The first kappa shape index (κ1) is 9.74. The summed E-state index contributed by atoms with van der Waals surface area (Å²) < 4.78 is 1.15. The predicted molar refractivity (Wildman–Crippen MR) is 66.5 cm³/mol. The van der Waals surface area contributed by atoms with Crippen LogP contribution in [-0.4, -0.2) is 0 Å². The van der Waals surface area contributed by atoms with Crippen LogP contribution in [0.5, 0.6) is 0 Å². The van der Waals surface area contributed by atoms with E-state index in [0.717, 1.165) is 15.8 Å². The summed E-state index contributed by atoms with van der Waals surface area (Å²) in [6, 6.07) is 8.32. The van der Waals surface area contributed by atoms with Gasteiger partial charge in [0.1, 0.15) is 0 Å². The molecule has 0 bridgehead atoms. The Balaban J connectivity index is 2.22. The average molecular weight is 268 g/mol. The lowest BCUT2D eigenvalue weighted by atomic mass is 10.2.